The second kappa shape index (κ2) is 5.96. The SMILES string of the molecule is C[C@@H]1C[C@@]2(O)[C@@H]3C[C@@H](F)C4=CC(=O)CC[C@]4(C)[C@H]3CC[C@]2(C)[C@]1(O)C(=O)CO. The van der Waals surface area contributed by atoms with E-state index in [4.69, 9.17) is 0 Å². The average molecular weight is 394 g/mol. The molecule has 0 unspecified atom stereocenters. The Morgan fingerprint density at radius 1 is 1.25 bits per heavy atom. The first-order valence-corrected chi connectivity index (χ1v) is 10.4. The van der Waals surface area contributed by atoms with Gasteiger partial charge in [0.1, 0.15) is 18.4 Å². The average Bonchev–Trinajstić information content (AvgIpc) is 2.81. The Labute approximate surface area is 165 Å². The van der Waals surface area contributed by atoms with E-state index in [1.54, 1.807) is 13.8 Å². The lowest BCUT2D eigenvalue weighted by Crippen LogP contribution is -2.67. The summed E-state index contributed by atoms with van der Waals surface area (Å²) >= 11 is 0. The van der Waals surface area contributed by atoms with Crippen LogP contribution < -0.4 is 0 Å². The zero-order valence-electron chi connectivity index (χ0n) is 16.9. The molecule has 3 saturated carbocycles. The Morgan fingerprint density at radius 2 is 1.93 bits per heavy atom. The molecular weight excluding hydrogens is 363 g/mol. The van der Waals surface area contributed by atoms with Gasteiger partial charge in [0, 0.05) is 11.8 Å². The summed E-state index contributed by atoms with van der Waals surface area (Å²) in [7, 11) is 0. The molecule has 3 N–H and O–H groups in total. The number of halogens is 1. The molecule has 8 atom stereocenters. The first-order chi connectivity index (χ1) is 13.0. The predicted octanol–water partition coefficient (Wildman–Crippen LogP) is 2.12. The number of aliphatic hydroxyl groups is 3. The molecule has 0 amide bonds. The number of hydrogen-bond donors (Lipinski definition) is 3. The molecule has 0 aromatic carbocycles. The summed E-state index contributed by atoms with van der Waals surface area (Å²) in [5, 5.41) is 32.8. The number of hydrogen-bond acceptors (Lipinski definition) is 5. The molecule has 5 nitrogen and oxygen atoms in total. The van der Waals surface area contributed by atoms with Gasteiger partial charge in [0.15, 0.2) is 11.6 Å². The monoisotopic (exact) mass is 394 g/mol. The van der Waals surface area contributed by atoms with Crippen molar-refractivity contribution in [3.63, 3.8) is 0 Å². The molecule has 0 saturated heterocycles. The Kier molecular flexibility index (Phi) is 4.29. The van der Waals surface area contributed by atoms with E-state index >= 15 is 4.39 Å². The van der Waals surface area contributed by atoms with Crippen molar-refractivity contribution in [2.75, 3.05) is 6.61 Å². The molecule has 3 fully saturated rings. The number of fused-ring (bicyclic) bond motifs is 5. The highest BCUT2D eigenvalue weighted by molar-refractivity contribution is 5.92. The van der Waals surface area contributed by atoms with Crippen molar-refractivity contribution in [3.8, 4) is 0 Å². The normalized spacial score (nSPS) is 53.1. The number of ketones is 2. The van der Waals surface area contributed by atoms with Crippen LogP contribution in [0.5, 0.6) is 0 Å². The first kappa shape index (κ1) is 20.2. The van der Waals surface area contributed by atoms with Gasteiger partial charge in [-0.1, -0.05) is 20.8 Å². The predicted molar refractivity (Wildman–Crippen MR) is 100 cm³/mol. The van der Waals surface area contributed by atoms with E-state index in [2.05, 4.69) is 0 Å². The number of alkyl halides is 1. The van der Waals surface area contributed by atoms with Gasteiger partial charge in [0.25, 0.3) is 0 Å². The molecule has 156 valence electrons. The minimum absolute atomic E-state index is 0.00398. The molecule has 4 aliphatic carbocycles. The number of Topliss-reactive ketones (excluding diaryl/α,β-unsaturated/α-hetero) is 1. The summed E-state index contributed by atoms with van der Waals surface area (Å²) in [6.07, 6.45) is 2.49. The van der Waals surface area contributed by atoms with Gasteiger partial charge in [-0.05, 0) is 66.9 Å². The van der Waals surface area contributed by atoms with Crippen LogP contribution in [0.15, 0.2) is 11.6 Å². The maximum atomic E-state index is 15.3. The second-order valence-corrected chi connectivity index (χ2v) is 10.1. The first-order valence-electron chi connectivity index (χ1n) is 10.4. The smallest absolute Gasteiger partial charge is 0.190 e. The lowest BCUT2D eigenvalue weighted by atomic mass is 9.44. The second-order valence-electron chi connectivity index (χ2n) is 10.1. The Hall–Kier alpha value is -1.11. The minimum atomic E-state index is -1.83. The highest BCUT2D eigenvalue weighted by atomic mass is 19.1. The molecule has 6 heteroatoms. The fraction of sp³-hybridized carbons (Fsp3) is 0.818. The fourth-order valence-corrected chi connectivity index (χ4v) is 7.62. The van der Waals surface area contributed by atoms with E-state index < -0.39 is 52.4 Å². The van der Waals surface area contributed by atoms with Crippen LogP contribution in [-0.4, -0.2) is 50.9 Å². The van der Waals surface area contributed by atoms with E-state index in [1.165, 1.54) is 6.08 Å². The van der Waals surface area contributed by atoms with E-state index in [1.807, 2.05) is 6.92 Å². The molecule has 28 heavy (non-hydrogen) atoms. The summed E-state index contributed by atoms with van der Waals surface area (Å²) in [6, 6.07) is 0. The lowest BCUT2D eigenvalue weighted by Gasteiger charge is -2.62. The highest BCUT2D eigenvalue weighted by Gasteiger charge is 2.75. The summed E-state index contributed by atoms with van der Waals surface area (Å²) in [4.78, 5) is 24.5. The summed E-state index contributed by atoms with van der Waals surface area (Å²) < 4.78 is 15.3. The number of carbonyl (C=O) groups is 2. The standard InChI is InChI=1S/C22H31FO5/c1-12-10-21(27)15-9-17(23)16-8-13(25)4-6-19(16,2)14(15)5-7-20(21,3)22(12,28)18(26)11-24/h8,12,14-15,17,24,27-28H,4-7,9-11H2,1-3H3/t12-,14+,15-,17-,19-,20+,21-,22-/m1/s1. The topological polar surface area (TPSA) is 94.8 Å². The van der Waals surface area contributed by atoms with Crippen LogP contribution in [0.2, 0.25) is 0 Å². The van der Waals surface area contributed by atoms with Gasteiger partial charge in [-0.15, -0.1) is 0 Å². The Balaban J connectivity index is 1.81. The van der Waals surface area contributed by atoms with Crippen molar-refractivity contribution in [1.29, 1.82) is 0 Å². The Bertz CT molecular complexity index is 764. The molecule has 0 aliphatic heterocycles. The number of rotatable bonds is 2. The van der Waals surface area contributed by atoms with E-state index in [0.29, 0.717) is 31.3 Å². The van der Waals surface area contributed by atoms with Gasteiger partial charge in [0.2, 0.25) is 0 Å². The van der Waals surface area contributed by atoms with Crippen LogP contribution in [0.25, 0.3) is 0 Å². The van der Waals surface area contributed by atoms with Gasteiger partial charge < -0.3 is 15.3 Å². The number of allylic oxidation sites excluding steroid dienone is 1. The molecule has 4 aliphatic rings. The maximum absolute atomic E-state index is 15.3. The summed E-state index contributed by atoms with van der Waals surface area (Å²) in [6.45, 7) is 4.68. The van der Waals surface area contributed by atoms with Crippen LogP contribution in [0.3, 0.4) is 0 Å². The third-order valence-corrected chi connectivity index (χ3v) is 9.23. The molecule has 0 aromatic heterocycles. The van der Waals surface area contributed by atoms with Crippen molar-refractivity contribution >= 4 is 11.6 Å². The molecule has 0 radical (unpaired) electrons. The van der Waals surface area contributed by atoms with Crippen LogP contribution in [0, 0.1) is 28.6 Å². The van der Waals surface area contributed by atoms with Crippen molar-refractivity contribution in [2.45, 2.75) is 76.7 Å². The van der Waals surface area contributed by atoms with Crippen molar-refractivity contribution in [3.05, 3.63) is 11.6 Å². The molecular formula is C22H31FO5. The lowest BCUT2D eigenvalue weighted by molar-refractivity contribution is -0.222. The van der Waals surface area contributed by atoms with Gasteiger partial charge in [-0.25, -0.2) is 4.39 Å². The third kappa shape index (κ3) is 2.12. The number of carbonyl (C=O) groups excluding carboxylic acids is 2. The molecule has 0 spiro atoms. The van der Waals surface area contributed by atoms with E-state index in [-0.39, 0.29) is 24.5 Å². The van der Waals surface area contributed by atoms with Gasteiger partial charge in [-0.3, -0.25) is 9.59 Å². The van der Waals surface area contributed by atoms with Crippen molar-refractivity contribution in [2.24, 2.45) is 28.6 Å². The maximum Gasteiger partial charge on any atom is 0.190 e. The fourth-order valence-electron chi connectivity index (χ4n) is 7.62. The summed E-state index contributed by atoms with van der Waals surface area (Å²) in [5.41, 5.74) is -4.28. The molecule has 0 bridgehead atoms. The van der Waals surface area contributed by atoms with Gasteiger partial charge >= 0.3 is 0 Å². The van der Waals surface area contributed by atoms with E-state index in [0.717, 1.165) is 0 Å². The highest BCUT2D eigenvalue weighted by Crippen LogP contribution is 2.70. The molecule has 0 aromatic rings. The summed E-state index contributed by atoms with van der Waals surface area (Å²) in [5.74, 6) is -1.64. The van der Waals surface area contributed by atoms with Gasteiger partial charge in [-0.2, -0.15) is 0 Å². The van der Waals surface area contributed by atoms with Crippen LogP contribution in [0.4, 0.5) is 4.39 Å². The van der Waals surface area contributed by atoms with E-state index in [9.17, 15) is 24.9 Å². The Morgan fingerprint density at radius 3 is 2.57 bits per heavy atom. The van der Waals surface area contributed by atoms with Crippen molar-refractivity contribution in [1.82, 2.24) is 0 Å². The van der Waals surface area contributed by atoms with Crippen LogP contribution in [-0.2, 0) is 9.59 Å². The van der Waals surface area contributed by atoms with Crippen LogP contribution in [0.1, 0.15) is 59.3 Å². The van der Waals surface area contributed by atoms with Crippen LogP contribution >= 0.6 is 0 Å². The minimum Gasteiger partial charge on any atom is -0.389 e. The zero-order chi connectivity index (χ0) is 20.7. The zero-order valence-corrected chi connectivity index (χ0v) is 16.9. The number of aliphatic hydroxyl groups excluding tert-OH is 1. The molecule has 4 rings (SSSR count). The van der Waals surface area contributed by atoms with Gasteiger partial charge in [0.05, 0.1) is 5.60 Å². The third-order valence-electron chi connectivity index (χ3n) is 9.23. The largest absolute Gasteiger partial charge is 0.389 e. The molecule has 0 heterocycles. The quantitative estimate of drug-likeness (QED) is 0.667. The van der Waals surface area contributed by atoms with Crippen molar-refractivity contribution < 1.29 is 29.3 Å².